The van der Waals surface area contributed by atoms with Crippen LogP contribution in [0, 0.1) is 0 Å². The maximum Gasteiger partial charge on any atom is 0.162 e. The fraction of sp³-hybridized carbons (Fsp3) is 0.0833. The van der Waals surface area contributed by atoms with Gasteiger partial charge in [0, 0.05) is 12.1 Å². The fourth-order valence-electron chi connectivity index (χ4n) is 1.40. The third kappa shape index (κ3) is 2.79. The number of halogens is 1. The summed E-state index contributed by atoms with van der Waals surface area (Å²) in [5.41, 5.74) is 1.40. The van der Waals surface area contributed by atoms with E-state index in [1.165, 1.54) is 6.07 Å². The standard InChI is InChI=1S/C12H11ClN2O2/c13-11-5-4-9(7-15-11)14-6-8-2-1-3-10(16)12(8)17/h1-5,7,14,16-17H,6H2. The molecule has 2 rings (SSSR count). The number of phenols is 2. The van der Waals surface area contributed by atoms with Gasteiger partial charge in [0.15, 0.2) is 11.5 Å². The van der Waals surface area contributed by atoms with Gasteiger partial charge in [0.05, 0.1) is 11.9 Å². The third-order valence-electron chi connectivity index (χ3n) is 2.31. The summed E-state index contributed by atoms with van der Waals surface area (Å²) in [6, 6.07) is 8.29. The molecule has 0 radical (unpaired) electrons. The minimum Gasteiger partial charge on any atom is -0.504 e. The summed E-state index contributed by atoms with van der Waals surface area (Å²) in [7, 11) is 0. The van der Waals surface area contributed by atoms with Crippen LogP contribution < -0.4 is 5.32 Å². The second-order valence-electron chi connectivity index (χ2n) is 3.51. The molecule has 0 fully saturated rings. The number of aromatic nitrogens is 1. The van der Waals surface area contributed by atoms with E-state index in [2.05, 4.69) is 10.3 Å². The Morgan fingerprint density at radius 1 is 1.18 bits per heavy atom. The summed E-state index contributed by atoms with van der Waals surface area (Å²) < 4.78 is 0. The Morgan fingerprint density at radius 3 is 2.71 bits per heavy atom. The van der Waals surface area contributed by atoms with Crippen LogP contribution in [-0.2, 0) is 6.54 Å². The highest BCUT2D eigenvalue weighted by Crippen LogP contribution is 2.28. The number of phenolic OH excluding ortho intramolecular Hbond substituents is 2. The van der Waals surface area contributed by atoms with Crippen molar-refractivity contribution in [3.05, 3.63) is 47.2 Å². The molecule has 0 aliphatic carbocycles. The lowest BCUT2D eigenvalue weighted by molar-refractivity contribution is 0.400. The van der Waals surface area contributed by atoms with Crippen molar-refractivity contribution < 1.29 is 10.2 Å². The van der Waals surface area contributed by atoms with Crippen LogP contribution in [0.3, 0.4) is 0 Å². The van der Waals surface area contributed by atoms with Crippen LogP contribution in [0.4, 0.5) is 5.69 Å². The number of aromatic hydroxyl groups is 2. The third-order valence-corrected chi connectivity index (χ3v) is 2.53. The normalized spacial score (nSPS) is 10.2. The van der Waals surface area contributed by atoms with E-state index in [9.17, 15) is 10.2 Å². The van der Waals surface area contributed by atoms with E-state index in [0.29, 0.717) is 17.3 Å². The molecule has 1 heterocycles. The summed E-state index contributed by atoms with van der Waals surface area (Å²) in [5, 5.41) is 22.4. The molecule has 88 valence electrons. The highest BCUT2D eigenvalue weighted by Gasteiger charge is 2.05. The van der Waals surface area contributed by atoms with E-state index in [1.807, 2.05) is 0 Å². The lowest BCUT2D eigenvalue weighted by atomic mass is 10.2. The van der Waals surface area contributed by atoms with Gasteiger partial charge in [0.1, 0.15) is 5.15 Å². The summed E-state index contributed by atoms with van der Waals surface area (Å²) >= 11 is 5.66. The van der Waals surface area contributed by atoms with Crippen molar-refractivity contribution in [2.45, 2.75) is 6.54 Å². The molecule has 0 aliphatic rings. The molecule has 0 saturated carbocycles. The van der Waals surface area contributed by atoms with Crippen LogP contribution >= 0.6 is 11.6 Å². The number of benzene rings is 1. The monoisotopic (exact) mass is 250 g/mol. The van der Waals surface area contributed by atoms with Crippen molar-refractivity contribution in [3.63, 3.8) is 0 Å². The quantitative estimate of drug-likeness (QED) is 0.579. The van der Waals surface area contributed by atoms with E-state index in [0.717, 1.165) is 5.69 Å². The summed E-state index contributed by atoms with van der Waals surface area (Å²) in [4.78, 5) is 3.92. The number of nitrogens with one attached hydrogen (secondary N) is 1. The van der Waals surface area contributed by atoms with Crippen molar-refractivity contribution >= 4 is 17.3 Å². The molecule has 1 aromatic carbocycles. The Labute approximate surface area is 104 Å². The second-order valence-corrected chi connectivity index (χ2v) is 3.90. The smallest absolute Gasteiger partial charge is 0.162 e. The van der Waals surface area contributed by atoms with Crippen LogP contribution in [0.25, 0.3) is 0 Å². The lowest BCUT2D eigenvalue weighted by Gasteiger charge is -2.08. The van der Waals surface area contributed by atoms with Crippen LogP contribution in [0.2, 0.25) is 5.15 Å². The van der Waals surface area contributed by atoms with Gasteiger partial charge in [-0.3, -0.25) is 0 Å². The van der Waals surface area contributed by atoms with E-state index in [1.54, 1.807) is 30.5 Å². The largest absolute Gasteiger partial charge is 0.504 e. The second kappa shape index (κ2) is 4.93. The molecule has 4 nitrogen and oxygen atoms in total. The molecule has 0 aliphatic heterocycles. The van der Waals surface area contributed by atoms with Crippen molar-refractivity contribution in [2.75, 3.05) is 5.32 Å². The summed E-state index contributed by atoms with van der Waals surface area (Å²) in [6.07, 6.45) is 1.60. The van der Waals surface area contributed by atoms with E-state index in [-0.39, 0.29) is 11.5 Å². The first-order chi connectivity index (χ1) is 8.16. The van der Waals surface area contributed by atoms with E-state index in [4.69, 9.17) is 11.6 Å². The fourth-order valence-corrected chi connectivity index (χ4v) is 1.51. The summed E-state index contributed by atoms with van der Waals surface area (Å²) in [5.74, 6) is -0.236. The first-order valence-corrected chi connectivity index (χ1v) is 5.40. The van der Waals surface area contributed by atoms with Gasteiger partial charge in [0.2, 0.25) is 0 Å². The highest BCUT2D eigenvalue weighted by atomic mass is 35.5. The van der Waals surface area contributed by atoms with Gasteiger partial charge in [0.25, 0.3) is 0 Å². The molecule has 2 aromatic rings. The number of hydrogen-bond acceptors (Lipinski definition) is 4. The number of rotatable bonds is 3. The number of para-hydroxylation sites is 1. The Morgan fingerprint density at radius 2 is 2.00 bits per heavy atom. The van der Waals surface area contributed by atoms with E-state index >= 15 is 0 Å². The zero-order valence-corrected chi connectivity index (χ0v) is 9.65. The predicted molar refractivity (Wildman–Crippen MR) is 66.3 cm³/mol. The van der Waals surface area contributed by atoms with Gasteiger partial charge in [-0.2, -0.15) is 0 Å². The number of pyridine rings is 1. The van der Waals surface area contributed by atoms with E-state index < -0.39 is 0 Å². The Hall–Kier alpha value is -1.94. The first kappa shape index (κ1) is 11.5. The minimum atomic E-state index is -0.126. The first-order valence-electron chi connectivity index (χ1n) is 5.02. The van der Waals surface area contributed by atoms with Crippen molar-refractivity contribution in [1.82, 2.24) is 4.98 Å². The average molecular weight is 251 g/mol. The molecule has 5 heteroatoms. The maximum absolute atomic E-state index is 9.59. The van der Waals surface area contributed by atoms with Gasteiger partial charge < -0.3 is 15.5 Å². The number of hydrogen-bond donors (Lipinski definition) is 3. The van der Waals surface area contributed by atoms with Crippen molar-refractivity contribution in [3.8, 4) is 11.5 Å². The average Bonchev–Trinajstić information content (AvgIpc) is 2.33. The molecule has 1 aromatic heterocycles. The molecule has 0 saturated heterocycles. The molecule has 0 spiro atoms. The topological polar surface area (TPSA) is 65.4 Å². The number of nitrogens with zero attached hydrogens (tertiary/aromatic N) is 1. The van der Waals surface area contributed by atoms with Crippen molar-refractivity contribution in [2.24, 2.45) is 0 Å². The predicted octanol–water partition coefficient (Wildman–Crippen LogP) is 2.76. The molecule has 0 unspecified atom stereocenters. The maximum atomic E-state index is 9.59. The Bertz CT molecular complexity index is 514. The van der Waals surface area contributed by atoms with Gasteiger partial charge in [-0.1, -0.05) is 23.7 Å². The molecule has 0 amide bonds. The SMILES string of the molecule is Oc1cccc(CNc2ccc(Cl)nc2)c1O. The molecule has 0 atom stereocenters. The summed E-state index contributed by atoms with van der Waals surface area (Å²) in [6.45, 7) is 0.392. The molecular weight excluding hydrogens is 240 g/mol. The molecule has 17 heavy (non-hydrogen) atoms. The Balaban J connectivity index is 2.07. The van der Waals surface area contributed by atoms with Crippen LogP contribution in [-0.4, -0.2) is 15.2 Å². The van der Waals surface area contributed by atoms with Crippen LogP contribution in [0.5, 0.6) is 11.5 Å². The van der Waals surface area contributed by atoms with Crippen LogP contribution in [0.15, 0.2) is 36.5 Å². The minimum absolute atomic E-state index is 0.109. The van der Waals surface area contributed by atoms with Gasteiger partial charge in [-0.05, 0) is 18.2 Å². The van der Waals surface area contributed by atoms with Crippen LogP contribution in [0.1, 0.15) is 5.56 Å². The zero-order chi connectivity index (χ0) is 12.3. The Kier molecular flexibility index (Phi) is 3.35. The van der Waals surface area contributed by atoms with Gasteiger partial charge >= 0.3 is 0 Å². The van der Waals surface area contributed by atoms with Gasteiger partial charge in [-0.15, -0.1) is 0 Å². The van der Waals surface area contributed by atoms with Crippen molar-refractivity contribution in [1.29, 1.82) is 0 Å². The molecule has 3 N–H and O–H groups in total. The number of anilines is 1. The zero-order valence-electron chi connectivity index (χ0n) is 8.89. The lowest BCUT2D eigenvalue weighted by Crippen LogP contribution is -1.99. The van der Waals surface area contributed by atoms with Gasteiger partial charge in [-0.25, -0.2) is 4.98 Å². The molecular formula is C12H11ClN2O2. The highest BCUT2D eigenvalue weighted by molar-refractivity contribution is 6.29. The molecule has 0 bridgehead atoms.